The number of para-hydroxylation sites is 3. The molecule has 0 spiro atoms. The molecule has 1 aliphatic heterocycles. The molecule has 4 aromatic rings. The molecule has 168 valence electrons. The summed E-state index contributed by atoms with van der Waals surface area (Å²) in [6.07, 6.45) is 1.35. The fraction of sp³-hybridized carbons (Fsp3) is 0. The molecule has 8 nitrogen and oxygen atoms in total. The van der Waals surface area contributed by atoms with E-state index in [9.17, 15) is 14.7 Å². The second-order valence-corrected chi connectivity index (χ2v) is 8.65. The van der Waals surface area contributed by atoms with E-state index in [1.54, 1.807) is 42.5 Å². The van der Waals surface area contributed by atoms with Gasteiger partial charge in [-0.3, -0.25) is 19.9 Å². The van der Waals surface area contributed by atoms with Crippen LogP contribution in [0.3, 0.4) is 0 Å². The molecule has 34 heavy (non-hydrogen) atoms. The Labute approximate surface area is 207 Å². The average Bonchev–Trinajstić information content (AvgIpc) is 3.24. The number of anilines is 2. The van der Waals surface area contributed by atoms with Crippen molar-refractivity contribution < 1.29 is 14.7 Å². The highest BCUT2D eigenvalue weighted by molar-refractivity contribution is 9.10. The topological polar surface area (TPSA) is 102 Å². The molecule has 3 aromatic carbocycles. The Kier molecular flexibility index (Phi) is 5.60. The molecule has 2 amide bonds. The number of halogens is 1. The van der Waals surface area contributed by atoms with Gasteiger partial charge in [-0.2, -0.15) is 5.01 Å². The molecular weight excluding hydrogens is 518 g/mol. The Bertz CT molecular complexity index is 1450. The molecule has 0 aliphatic carbocycles. The lowest BCUT2D eigenvalue weighted by Gasteiger charge is -2.36. The van der Waals surface area contributed by atoms with E-state index in [-0.39, 0.29) is 22.4 Å². The van der Waals surface area contributed by atoms with Crippen LogP contribution in [0, 0.1) is 0 Å². The van der Waals surface area contributed by atoms with Crippen molar-refractivity contribution in [1.29, 1.82) is 0 Å². The number of nitrogens with zero attached hydrogens (tertiary/aromatic N) is 3. The SMILES string of the molecule is O=C1/C(=C/c2ccccc2O)C(=O)N(c2ccc(Br)cc2)C(=S)N1Nc1nc2ccccc2[nH]1. The summed E-state index contributed by atoms with van der Waals surface area (Å²) < 4.78 is 0.824. The van der Waals surface area contributed by atoms with Crippen LogP contribution in [0.4, 0.5) is 11.6 Å². The third kappa shape index (κ3) is 3.93. The maximum absolute atomic E-state index is 13.5. The number of thiocarbonyl (C=S) groups is 1. The molecule has 2 heterocycles. The van der Waals surface area contributed by atoms with Gasteiger partial charge in [0.15, 0.2) is 0 Å². The zero-order chi connectivity index (χ0) is 23.8. The van der Waals surface area contributed by atoms with Gasteiger partial charge in [0.1, 0.15) is 11.3 Å². The Morgan fingerprint density at radius 1 is 0.971 bits per heavy atom. The van der Waals surface area contributed by atoms with Crippen LogP contribution >= 0.6 is 28.1 Å². The molecular formula is C24H16BrN5O3S. The molecule has 0 unspecified atom stereocenters. The minimum Gasteiger partial charge on any atom is -0.507 e. The fourth-order valence-electron chi connectivity index (χ4n) is 3.52. The van der Waals surface area contributed by atoms with Crippen molar-refractivity contribution in [3.05, 3.63) is 88.4 Å². The molecule has 3 N–H and O–H groups in total. The van der Waals surface area contributed by atoms with Crippen LogP contribution in [0.1, 0.15) is 5.56 Å². The van der Waals surface area contributed by atoms with Gasteiger partial charge >= 0.3 is 0 Å². The number of aromatic amines is 1. The van der Waals surface area contributed by atoms with E-state index in [0.29, 0.717) is 16.8 Å². The third-order valence-corrected chi connectivity index (χ3v) is 6.07. The smallest absolute Gasteiger partial charge is 0.284 e. The summed E-state index contributed by atoms with van der Waals surface area (Å²) in [6, 6.07) is 20.8. The van der Waals surface area contributed by atoms with Gasteiger partial charge in [0.2, 0.25) is 11.1 Å². The number of hydrogen-bond donors (Lipinski definition) is 3. The van der Waals surface area contributed by atoms with E-state index in [1.807, 2.05) is 24.3 Å². The molecule has 1 fully saturated rings. The number of imidazole rings is 1. The summed E-state index contributed by atoms with van der Waals surface area (Å²) in [5, 5.41) is 11.2. The molecule has 1 aliphatic rings. The minimum atomic E-state index is -0.674. The first-order chi connectivity index (χ1) is 16.4. The monoisotopic (exact) mass is 533 g/mol. The van der Waals surface area contributed by atoms with Gasteiger partial charge in [-0.15, -0.1) is 0 Å². The minimum absolute atomic E-state index is 0.0595. The number of benzene rings is 3. The number of nitrogens with one attached hydrogen (secondary N) is 2. The second-order valence-electron chi connectivity index (χ2n) is 7.37. The van der Waals surface area contributed by atoms with Crippen molar-refractivity contribution in [2.24, 2.45) is 0 Å². The summed E-state index contributed by atoms with van der Waals surface area (Å²) in [4.78, 5) is 35.7. The zero-order valence-corrected chi connectivity index (χ0v) is 19.8. The molecule has 0 saturated carbocycles. The molecule has 1 aromatic heterocycles. The zero-order valence-electron chi connectivity index (χ0n) is 17.4. The van der Waals surface area contributed by atoms with Gasteiger partial charge in [-0.05, 0) is 60.8 Å². The number of carbonyl (C=O) groups is 2. The van der Waals surface area contributed by atoms with E-state index in [4.69, 9.17) is 12.2 Å². The van der Waals surface area contributed by atoms with Gasteiger partial charge in [-0.25, -0.2) is 4.98 Å². The normalized spacial score (nSPS) is 15.4. The number of fused-ring (bicyclic) bond motifs is 1. The van der Waals surface area contributed by atoms with Crippen LogP contribution in [0.5, 0.6) is 5.75 Å². The molecule has 0 bridgehead atoms. The van der Waals surface area contributed by atoms with Crippen molar-refractivity contribution in [2.75, 3.05) is 10.3 Å². The summed E-state index contributed by atoms with van der Waals surface area (Å²) in [6.45, 7) is 0. The average molecular weight is 534 g/mol. The Morgan fingerprint density at radius 2 is 1.68 bits per heavy atom. The fourth-order valence-corrected chi connectivity index (χ4v) is 4.10. The Morgan fingerprint density at radius 3 is 2.41 bits per heavy atom. The first-order valence-electron chi connectivity index (χ1n) is 10.1. The third-order valence-electron chi connectivity index (χ3n) is 5.18. The number of hydrazine groups is 1. The van der Waals surface area contributed by atoms with Crippen molar-refractivity contribution in [1.82, 2.24) is 15.0 Å². The van der Waals surface area contributed by atoms with Crippen LogP contribution in [-0.2, 0) is 9.59 Å². The standard InChI is InChI=1S/C24H16BrN5O3S/c25-15-9-11-16(12-10-15)29-21(32)17(13-14-5-1-4-8-20(14)31)22(33)30(24(29)34)28-23-26-18-6-2-3-7-19(18)27-23/h1-13,31H,(H2,26,27,28)/b17-13+. The van der Waals surface area contributed by atoms with Gasteiger partial charge < -0.3 is 10.1 Å². The van der Waals surface area contributed by atoms with E-state index in [2.05, 4.69) is 31.3 Å². The van der Waals surface area contributed by atoms with E-state index < -0.39 is 11.8 Å². The number of carbonyl (C=O) groups excluding carboxylic acids is 2. The van der Waals surface area contributed by atoms with Crippen LogP contribution in [-0.4, -0.2) is 37.0 Å². The number of H-pyrrole nitrogens is 1. The summed E-state index contributed by atoms with van der Waals surface area (Å²) in [5.74, 6) is -1.06. The first-order valence-corrected chi connectivity index (χ1v) is 11.3. The van der Waals surface area contributed by atoms with Gasteiger partial charge in [0.05, 0.1) is 16.7 Å². The lowest BCUT2D eigenvalue weighted by molar-refractivity contribution is -0.127. The van der Waals surface area contributed by atoms with Gasteiger partial charge in [0.25, 0.3) is 11.8 Å². The van der Waals surface area contributed by atoms with E-state index >= 15 is 0 Å². The molecule has 10 heteroatoms. The van der Waals surface area contributed by atoms with Crippen molar-refractivity contribution in [3.63, 3.8) is 0 Å². The van der Waals surface area contributed by atoms with Gasteiger partial charge in [0, 0.05) is 10.0 Å². The Hall–Kier alpha value is -4.02. The molecule has 0 atom stereocenters. The van der Waals surface area contributed by atoms with Crippen molar-refractivity contribution in [2.45, 2.75) is 0 Å². The van der Waals surface area contributed by atoms with Crippen molar-refractivity contribution in [3.8, 4) is 5.75 Å². The summed E-state index contributed by atoms with van der Waals surface area (Å²) in [7, 11) is 0. The predicted molar refractivity (Wildman–Crippen MR) is 137 cm³/mol. The van der Waals surface area contributed by atoms with Crippen LogP contribution in [0.25, 0.3) is 17.1 Å². The number of aromatic hydroxyl groups is 1. The van der Waals surface area contributed by atoms with Crippen LogP contribution in [0.2, 0.25) is 0 Å². The highest BCUT2D eigenvalue weighted by Gasteiger charge is 2.41. The number of rotatable bonds is 4. The number of amides is 2. The quantitative estimate of drug-likeness (QED) is 0.201. The predicted octanol–water partition coefficient (Wildman–Crippen LogP) is 4.60. The maximum atomic E-state index is 13.5. The van der Waals surface area contributed by atoms with E-state index in [0.717, 1.165) is 15.0 Å². The summed E-state index contributed by atoms with van der Waals surface area (Å²) in [5.41, 5.74) is 4.99. The molecule has 0 radical (unpaired) electrons. The van der Waals surface area contributed by atoms with Crippen LogP contribution < -0.4 is 10.3 Å². The maximum Gasteiger partial charge on any atom is 0.284 e. The number of hydrogen-bond acceptors (Lipinski definition) is 6. The number of phenolic OH excluding ortho intramolecular Hbond substituents is 1. The first kappa shape index (κ1) is 21.8. The van der Waals surface area contributed by atoms with E-state index in [1.165, 1.54) is 17.0 Å². The summed E-state index contributed by atoms with van der Waals surface area (Å²) >= 11 is 8.94. The highest BCUT2D eigenvalue weighted by atomic mass is 79.9. The van der Waals surface area contributed by atoms with Gasteiger partial charge in [-0.1, -0.05) is 46.3 Å². The number of phenols is 1. The lowest BCUT2D eigenvalue weighted by atomic mass is 10.1. The van der Waals surface area contributed by atoms with Crippen LogP contribution in [0.15, 0.2) is 82.8 Å². The largest absolute Gasteiger partial charge is 0.507 e. The number of aromatic nitrogens is 2. The molecule has 1 saturated heterocycles. The van der Waals surface area contributed by atoms with Crippen molar-refractivity contribution >= 4 is 73.8 Å². The molecule has 5 rings (SSSR count). The highest BCUT2D eigenvalue weighted by Crippen LogP contribution is 2.29. The Balaban J connectivity index is 1.60. The second kappa shape index (κ2) is 8.73. The lowest BCUT2D eigenvalue weighted by Crippen LogP contribution is -2.58.